The number of likely N-dealkylation sites (N-methyl/N-ethyl adjacent to an activating group) is 1. The number of aliphatic hydroxyl groups is 1. The van der Waals surface area contributed by atoms with Gasteiger partial charge in [-0.25, -0.2) is 4.39 Å². The van der Waals surface area contributed by atoms with Gasteiger partial charge in [0.1, 0.15) is 17.6 Å². The normalized spacial score (nSPS) is 23.8. The number of phenols is 1. The number of hydrogen-bond donors (Lipinski definition) is 2. The lowest BCUT2D eigenvalue weighted by Crippen LogP contribution is -2.56. The Bertz CT molecular complexity index is 1360. The largest absolute Gasteiger partial charge is 0.508 e. The van der Waals surface area contributed by atoms with Crippen molar-refractivity contribution in [1.82, 2.24) is 14.7 Å². The lowest BCUT2D eigenvalue weighted by Gasteiger charge is -2.45. The number of piperidine rings is 1. The molecule has 0 radical (unpaired) electrons. The minimum Gasteiger partial charge on any atom is -0.508 e. The number of halogens is 4. The number of hydrogen-bond acceptors (Lipinski definition) is 6. The van der Waals surface area contributed by atoms with Crippen LogP contribution in [-0.4, -0.2) is 101 Å². The van der Waals surface area contributed by atoms with Crippen molar-refractivity contribution in [3.63, 3.8) is 0 Å². The highest BCUT2D eigenvalue weighted by Gasteiger charge is 2.52. The van der Waals surface area contributed by atoms with Gasteiger partial charge in [0, 0.05) is 43.1 Å². The van der Waals surface area contributed by atoms with Crippen molar-refractivity contribution >= 4 is 11.7 Å². The lowest BCUT2D eigenvalue weighted by molar-refractivity contribution is -0.185. The van der Waals surface area contributed by atoms with E-state index in [0.717, 1.165) is 4.90 Å². The second-order valence-electron chi connectivity index (χ2n) is 13.4. The zero-order chi connectivity index (χ0) is 33.3. The summed E-state index contributed by atoms with van der Waals surface area (Å²) in [6.45, 7) is 5.70. The van der Waals surface area contributed by atoms with E-state index in [0.29, 0.717) is 24.9 Å². The first-order valence-electron chi connectivity index (χ1n) is 15.6. The Morgan fingerprint density at radius 1 is 1.07 bits per heavy atom. The van der Waals surface area contributed by atoms with E-state index in [-0.39, 0.29) is 61.2 Å². The van der Waals surface area contributed by atoms with Crippen LogP contribution in [0.5, 0.6) is 5.75 Å². The van der Waals surface area contributed by atoms with Crippen LogP contribution in [0.15, 0.2) is 42.5 Å². The molecule has 2 aliphatic heterocycles. The molecule has 2 aliphatic rings. The number of benzene rings is 2. The molecule has 2 fully saturated rings. The van der Waals surface area contributed by atoms with Gasteiger partial charge in [0.2, 0.25) is 5.91 Å². The van der Waals surface area contributed by atoms with Crippen LogP contribution in [0.4, 0.5) is 17.6 Å². The van der Waals surface area contributed by atoms with Crippen molar-refractivity contribution in [2.45, 2.75) is 76.2 Å². The quantitative estimate of drug-likeness (QED) is 0.269. The highest BCUT2D eigenvalue weighted by Crippen LogP contribution is 2.44. The standard InChI is InChI=1S/C34H45F4N3O4/c1-21-24(12-7-13-27(21)35)30-25(31(43)22-10-6-11-23(42)18-22)19-40(16-8-14-28(39(4)5)33(2,3)45)20-26(30)32(44)41-17-9-15-29(41)34(36,37)38/h6-7,10-13,18,25-26,28-30,42,45H,8-9,14-17,19-20H2,1-5H3/t25-,26+,28?,29-,30-/m0/s1. The van der Waals surface area contributed by atoms with Crippen LogP contribution in [0.1, 0.15) is 66.9 Å². The summed E-state index contributed by atoms with van der Waals surface area (Å²) in [7, 11) is 3.75. The number of alkyl halides is 3. The third-order valence-electron chi connectivity index (χ3n) is 9.53. The average Bonchev–Trinajstić information content (AvgIpc) is 3.46. The SMILES string of the molecule is Cc1c(F)cccc1[C@H]1[C@@H](C(=O)c2cccc(O)c2)CN(CCCC(N(C)C)C(C)(C)O)C[C@H]1C(=O)N1CCC[C@H]1C(F)(F)F. The van der Waals surface area contributed by atoms with Crippen LogP contribution in [-0.2, 0) is 4.79 Å². The second kappa shape index (κ2) is 13.8. The molecule has 2 N–H and O–H groups in total. The number of carbonyl (C=O) groups excluding carboxylic acids is 2. The lowest BCUT2D eigenvalue weighted by atomic mass is 9.69. The molecular weight excluding hydrogens is 590 g/mol. The Kier molecular flexibility index (Phi) is 10.7. The first-order valence-corrected chi connectivity index (χ1v) is 15.6. The summed E-state index contributed by atoms with van der Waals surface area (Å²) >= 11 is 0. The number of carbonyl (C=O) groups is 2. The number of likely N-dealkylation sites (tertiary alicyclic amines) is 2. The van der Waals surface area contributed by atoms with Crippen molar-refractivity contribution in [1.29, 1.82) is 0 Å². The molecule has 1 amide bonds. The summed E-state index contributed by atoms with van der Waals surface area (Å²) in [6, 6.07) is 8.18. The van der Waals surface area contributed by atoms with Gasteiger partial charge < -0.3 is 24.9 Å². The Hall–Kier alpha value is -3.02. The Labute approximate surface area is 262 Å². The molecule has 45 heavy (non-hydrogen) atoms. The summed E-state index contributed by atoms with van der Waals surface area (Å²) in [5.41, 5.74) is -0.115. The highest BCUT2D eigenvalue weighted by atomic mass is 19.4. The molecule has 248 valence electrons. The van der Waals surface area contributed by atoms with Gasteiger partial charge in [0.05, 0.1) is 11.5 Å². The second-order valence-corrected chi connectivity index (χ2v) is 13.4. The Balaban J connectivity index is 1.77. The van der Waals surface area contributed by atoms with E-state index < -0.39 is 47.3 Å². The van der Waals surface area contributed by atoms with E-state index in [1.807, 2.05) is 23.9 Å². The zero-order valence-corrected chi connectivity index (χ0v) is 26.6. The van der Waals surface area contributed by atoms with Crippen molar-refractivity contribution < 1.29 is 37.4 Å². The molecule has 2 saturated heterocycles. The first kappa shape index (κ1) is 34.8. The van der Waals surface area contributed by atoms with Gasteiger partial charge in [-0.2, -0.15) is 13.2 Å². The summed E-state index contributed by atoms with van der Waals surface area (Å²) < 4.78 is 57.2. The predicted molar refractivity (Wildman–Crippen MR) is 164 cm³/mol. The number of nitrogens with zero attached hydrogens (tertiary/aromatic N) is 3. The summed E-state index contributed by atoms with van der Waals surface area (Å²) in [6.07, 6.45) is -3.38. The fourth-order valence-electron chi connectivity index (χ4n) is 7.43. The molecule has 2 aromatic carbocycles. The molecule has 0 aromatic heterocycles. The molecule has 2 aromatic rings. The predicted octanol–water partition coefficient (Wildman–Crippen LogP) is 5.39. The van der Waals surface area contributed by atoms with E-state index in [1.165, 1.54) is 30.3 Å². The van der Waals surface area contributed by atoms with Crippen LogP contribution in [0.2, 0.25) is 0 Å². The van der Waals surface area contributed by atoms with Gasteiger partial charge in [0.25, 0.3) is 0 Å². The monoisotopic (exact) mass is 635 g/mol. The molecule has 7 nitrogen and oxygen atoms in total. The fourth-order valence-corrected chi connectivity index (χ4v) is 7.43. The van der Waals surface area contributed by atoms with Crippen molar-refractivity contribution in [2.24, 2.45) is 11.8 Å². The van der Waals surface area contributed by atoms with Gasteiger partial charge in [0.15, 0.2) is 5.78 Å². The molecule has 11 heteroatoms. The van der Waals surface area contributed by atoms with Crippen LogP contribution in [0.3, 0.4) is 0 Å². The summed E-state index contributed by atoms with van der Waals surface area (Å²) in [5, 5.41) is 20.8. The minimum absolute atomic E-state index is 0.0460. The van der Waals surface area contributed by atoms with Crippen LogP contribution in [0.25, 0.3) is 0 Å². The summed E-state index contributed by atoms with van der Waals surface area (Å²) in [5.74, 6) is -4.55. The van der Waals surface area contributed by atoms with Crippen molar-refractivity contribution in [3.8, 4) is 5.75 Å². The van der Waals surface area contributed by atoms with Gasteiger partial charge in [-0.3, -0.25) is 9.59 Å². The number of phenolic OH excluding ortho intramolecular Hbond substituents is 1. The Morgan fingerprint density at radius 3 is 2.36 bits per heavy atom. The maximum Gasteiger partial charge on any atom is 0.408 e. The third kappa shape index (κ3) is 7.86. The van der Waals surface area contributed by atoms with Gasteiger partial charge in [-0.15, -0.1) is 0 Å². The minimum atomic E-state index is -4.60. The number of Topliss-reactive ketones (excluding diaryl/α,β-unsaturated/α-hetero) is 1. The molecule has 0 aliphatic carbocycles. The maximum atomic E-state index is 15.0. The zero-order valence-electron chi connectivity index (χ0n) is 26.6. The molecule has 1 unspecified atom stereocenters. The average molecular weight is 636 g/mol. The first-order chi connectivity index (χ1) is 21.0. The molecule has 4 rings (SSSR count). The van der Waals surface area contributed by atoms with Gasteiger partial charge in [-0.1, -0.05) is 24.3 Å². The number of rotatable bonds is 10. The van der Waals surface area contributed by atoms with E-state index >= 15 is 0 Å². The summed E-state index contributed by atoms with van der Waals surface area (Å²) in [4.78, 5) is 33.3. The fraction of sp³-hybridized carbons (Fsp3) is 0.588. The van der Waals surface area contributed by atoms with E-state index in [1.54, 1.807) is 32.9 Å². The van der Waals surface area contributed by atoms with Crippen molar-refractivity contribution in [2.75, 3.05) is 40.3 Å². The van der Waals surface area contributed by atoms with E-state index in [2.05, 4.69) is 0 Å². The van der Waals surface area contributed by atoms with E-state index in [9.17, 15) is 37.4 Å². The molecule has 2 heterocycles. The maximum absolute atomic E-state index is 15.0. The number of aromatic hydroxyl groups is 1. The number of amides is 1. The topological polar surface area (TPSA) is 84.3 Å². The van der Waals surface area contributed by atoms with Gasteiger partial charge in [-0.05, 0) is 96.4 Å². The van der Waals surface area contributed by atoms with Gasteiger partial charge >= 0.3 is 6.18 Å². The van der Waals surface area contributed by atoms with E-state index in [4.69, 9.17) is 0 Å². The molecule has 0 bridgehead atoms. The molecular formula is C34H45F4N3O4. The van der Waals surface area contributed by atoms with Crippen LogP contribution in [0, 0.1) is 24.6 Å². The van der Waals surface area contributed by atoms with Crippen LogP contribution >= 0.6 is 0 Å². The molecule has 0 spiro atoms. The molecule has 5 atom stereocenters. The Morgan fingerprint density at radius 2 is 1.73 bits per heavy atom. The van der Waals surface area contributed by atoms with Crippen molar-refractivity contribution in [3.05, 3.63) is 65.0 Å². The smallest absolute Gasteiger partial charge is 0.408 e. The molecule has 0 saturated carbocycles. The van der Waals surface area contributed by atoms with Crippen LogP contribution < -0.4 is 0 Å². The third-order valence-corrected chi connectivity index (χ3v) is 9.53. The highest BCUT2D eigenvalue weighted by molar-refractivity contribution is 5.99. The number of ketones is 1.